The average Bonchev–Trinajstić information content (AvgIpc) is 3.84. The molecule has 0 saturated carbocycles. The van der Waals surface area contributed by atoms with Crippen LogP contribution >= 0.6 is 0 Å². The number of fused-ring (bicyclic) bond motifs is 5. The zero-order valence-electron chi connectivity index (χ0n) is 36.5. The van der Waals surface area contributed by atoms with Crippen LogP contribution in [0.4, 0.5) is 45.5 Å². The first-order valence-electron chi connectivity index (χ1n) is 23.0. The molecule has 314 valence electrons. The fourth-order valence-corrected chi connectivity index (χ4v) is 11.1. The second-order valence-corrected chi connectivity index (χ2v) is 17.8. The SMILES string of the molecule is CC12C=CC=CC1C1=C(CCC(N(c3ccccc3)c3ccc(-c4ccc(N(c5ccccc5)c5ccc6c(c5)C5C=CC=CC5N6c5ccccc5)cc4)cc3)=C1)N2c1ccccc1. The Balaban J connectivity index is 0.865. The molecule has 0 fully saturated rings. The molecule has 0 spiro atoms. The number of hydrogen-bond acceptors (Lipinski definition) is 4. The summed E-state index contributed by atoms with van der Waals surface area (Å²) in [5, 5.41) is 0. The molecule has 0 bridgehead atoms. The number of anilines is 8. The van der Waals surface area contributed by atoms with Gasteiger partial charge in [0.05, 0.1) is 11.6 Å². The summed E-state index contributed by atoms with van der Waals surface area (Å²) in [5.74, 6) is 0.542. The summed E-state index contributed by atoms with van der Waals surface area (Å²) in [6, 6.07) is 68.8. The molecule has 7 aromatic carbocycles. The lowest BCUT2D eigenvalue weighted by Crippen LogP contribution is -2.45. The molecule has 4 nitrogen and oxygen atoms in total. The summed E-state index contributed by atoms with van der Waals surface area (Å²) in [4.78, 5) is 9.94. The second-order valence-electron chi connectivity index (χ2n) is 17.8. The molecule has 0 saturated heterocycles. The highest BCUT2D eigenvalue weighted by Gasteiger charge is 2.48. The number of hydrogen-bond donors (Lipinski definition) is 0. The van der Waals surface area contributed by atoms with Gasteiger partial charge in [-0.05, 0) is 139 Å². The van der Waals surface area contributed by atoms with Gasteiger partial charge in [-0.3, -0.25) is 0 Å². The number of allylic oxidation sites excluding steroid dienone is 7. The number of rotatable bonds is 9. The summed E-state index contributed by atoms with van der Waals surface area (Å²) in [6.07, 6.45) is 22.7. The Bertz CT molecular complexity index is 3060. The Labute approximate surface area is 383 Å². The highest BCUT2D eigenvalue weighted by molar-refractivity contribution is 5.84. The predicted molar refractivity (Wildman–Crippen MR) is 272 cm³/mol. The van der Waals surface area contributed by atoms with Gasteiger partial charge in [0.2, 0.25) is 0 Å². The van der Waals surface area contributed by atoms with E-state index >= 15 is 0 Å². The van der Waals surface area contributed by atoms with Crippen molar-refractivity contribution < 1.29 is 0 Å². The minimum Gasteiger partial charge on any atom is -0.335 e. The molecule has 0 amide bonds. The Morgan fingerprint density at radius 1 is 0.492 bits per heavy atom. The Kier molecular flexibility index (Phi) is 9.60. The van der Waals surface area contributed by atoms with E-state index in [1.165, 1.54) is 56.4 Å². The zero-order valence-corrected chi connectivity index (χ0v) is 36.5. The van der Waals surface area contributed by atoms with Crippen LogP contribution in [0.1, 0.15) is 31.2 Å². The van der Waals surface area contributed by atoms with E-state index in [2.05, 4.69) is 269 Å². The van der Waals surface area contributed by atoms with Gasteiger partial charge in [-0.1, -0.05) is 146 Å². The van der Waals surface area contributed by atoms with E-state index in [4.69, 9.17) is 0 Å². The van der Waals surface area contributed by atoms with Crippen molar-refractivity contribution in [2.75, 3.05) is 19.6 Å². The molecular formula is C61H50N4. The van der Waals surface area contributed by atoms with E-state index in [0.717, 1.165) is 35.6 Å². The molecule has 0 radical (unpaired) electrons. The number of nitrogens with zero attached hydrogens (tertiary/aromatic N) is 4. The van der Waals surface area contributed by atoms with Gasteiger partial charge in [-0.15, -0.1) is 0 Å². The molecule has 0 aromatic heterocycles. The smallest absolute Gasteiger partial charge is 0.0709 e. The lowest BCUT2D eigenvalue weighted by molar-refractivity contribution is 0.495. The first-order chi connectivity index (χ1) is 32.1. The van der Waals surface area contributed by atoms with Crippen LogP contribution in [0.25, 0.3) is 11.1 Å². The van der Waals surface area contributed by atoms with Crippen LogP contribution in [0, 0.1) is 5.92 Å². The topological polar surface area (TPSA) is 13.0 Å². The van der Waals surface area contributed by atoms with Gasteiger partial charge in [0.1, 0.15) is 0 Å². The van der Waals surface area contributed by atoms with Crippen molar-refractivity contribution in [2.45, 2.75) is 37.3 Å². The molecule has 12 rings (SSSR count). The molecule has 2 heterocycles. The summed E-state index contributed by atoms with van der Waals surface area (Å²) >= 11 is 0. The van der Waals surface area contributed by atoms with Crippen molar-refractivity contribution in [3.63, 3.8) is 0 Å². The Morgan fingerprint density at radius 3 is 1.69 bits per heavy atom. The van der Waals surface area contributed by atoms with Crippen LogP contribution in [0.15, 0.2) is 260 Å². The lowest BCUT2D eigenvalue weighted by atomic mass is 9.78. The standard InChI is InChI=1S/C61H50N4/c1-61-41-17-16-27-57(61)56-43-53(38-40-60(56)65(61)51-24-12-5-13-25-51)63(47-20-8-3-9-21-47)50-35-31-45(32-36-50)44-29-33-49(34-30-44)62(46-18-6-2-7-19-46)52-37-39-59-55(42-52)54-26-14-15-28-58(54)64(59)48-22-10-4-11-23-48/h2-37,39,41-43,54,57-58H,38,40H2,1H3. The first-order valence-corrected chi connectivity index (χ1v) is 23.0. The van der Waals surface area contributed by atoms with E-state index in [9.17, 15) is 0 Å². The lowest BCUT2D eigenvalue weighted by Gasteiger charge is -2.41. The monoisotopic (exact) mass is 838 g/mol. The number of para-hydroxylation sites is 4. The average molecular weight is 839 g/mol. The van der Waals surface area contributed by atoms with Gasteiger partial charge < -0.3 is 19.6 Å². The summed E-state index contributed by atoms with van der Waals surface area (Å²) in [6.45, 7) is 2.39. The zero-order chi connectivity index (χ0) is 43.3. The molecule has 2 aliphatic heterocycles. The van der Waals surface area contributed by atoms with Gasteiger partial charge in [0.25, 0.3) is 0 Å². The van der Waals surface area contributed by atoms with E-state index < -0.39 is 0 Å². The molecule has 4 atom stereocenters. The largest absolute Gasteiger partial charge is 0.335 e. The molecular weight excluding hydrogens is 789 g/mol. The van der Waals surface area contributed by atoms with E-state index in [-0.39, 0.29) is 23.4 Å². The van der Waals surface area contributed by atoms with Gasteiger partial charge in [0, 0.05) is 68.7 Å². The molecule has 3 aliphatic carbocycles. The molecule has 7 aromatic rings. The van der Waals surface area contributed by atoms with Crippen LogP contribution in [0.3, 0.4) is 0 Å². The maximum Gasteiger partial charge on any atom is 0.0709 e. The molecule has 65 heavy (non-hydrogen) atoms. The van der Waals surface area contributed by atoms with Crippen LogP contribution in [0.2, 0.25) is 0 Å². The summed E-state index contributed by atoms with van der Waals surface area (Å²) < 4.78 is 0. The van der Waals surface area contributed by atoms with Gasteiger partial charge in [-0.25, -0.2) is 0 Å². The van der Waals surface area contributed by atoms with E-state index in [1.807, 2.05) is 0 Å². The maximum absolute atomic E-state index is 2.60. The van der Waals surface area contributed by atoms with Crippen LogP contribution in [-0.4, -0.2) is 11.6 Å². The first kappa shape index (κ1) is 38.8. The Hall–Kier alpha value is -7.82. The van der Waals surface area contributed by atoms with Gasteiger partial charge in [0.15, 0.2) is 0 Å². The molecule has 5 aliphatic rings. The fraction of sp³-hybridized carbons (Fsp3) is 0.115. The second kappa shape index (κ2) is 16.1. The van der Waals surface area contributed by atoms with Crippen molar-refractivity contribution in [2.24, 2.45) is 5.92 Å². The van der Waals surface area contributed by atoms with Crippen LogP contribution in [-0.2, 0) is 0 Å². The molecule has 4 unspecified atom stereocenters. The fourth-order valence-electron chi connectivity index (χ4n) is 11.1. The minimum absolute atomic E-state index is 0.154. The molecule has 4 heteroatoms. The van der Waals surface area contributed by atoms with Crippen LogP contribution < -0.4 is 19.6 Å². The van der Waals surface area contributed by atoms with Crippen LogP contribution in [0.5, 0.6) is 0 Å². The van der Waals surface area contributed by atoms with Crippen molar-refractivity contribution >= 4 is 45.5 Å². The highest BCUT2D eigenvalue weighted by atomic mass is 15.2. The third kappa shape index (κ3) is 6.68. The predicted octanol–water partition coefficient (Wildman–Crippen LogP) is 15.6. The van der Waals surface area contributed by atoms with Crippen molar-refractivity contribution in [3.8, 4) is 11.1 Å². The van der Waals surface area contributed by atoms with Gasteiger partial charge >= 0.3 is 0 Å². The van der Waals surface area contributed by atoms with E-state index in [1.54, 1.807) is 0 Å². The summed E-state index contributed by atoms with van der Waals surface area (Å²) in [7, 11) is 0. The van der Waals surface area contributed by atoms with Crippen molar-refractivity contribution in [3.05, 3.63) is 265 Å². The third-order valence-corrected chi connectivity index (χ3v) is 14.1. The molecule has 0 N–H and O–H groups in total. The number of benzene rings is 7. The quantitative estimate of drug-likeness (QED) is 0.144. The Morgan fingerprint density at radius 2 is 1.03 bits per heavy atom. The normalized spacial score (nSPS) is 21.1. The van der Waals surface area contributed by atoms with Crippen molar-refractivity contribution in [1.29, 1.82) is 0 Å². The van der Waals surface area contributed by atoms with Gasteiger partial charge in [-0.2, -0.15) is 0 Å². The van der Waals surface area contributed by atoms with Crippen molar-refractivity contribution in [1.82, 2.24) is 0 Å². The summed E-state index contributed by atoms with van der Waals surface area (Å²) in [5.41, 5.74) is 17.2. The highest BCUT2D eigenvalue weighted by Crippen LogP contribution is 2.53. The maximum atomic E-state index is 2.60. The minimum atomic E-state index is -0.154. The van der Waals surface area contributed by atoms with E-state index in [0.29, 0.717) is 0 Å². The third-order valence-electron chi connectivity index (χ3n) is 14.1.